The van der Waals surface area contributed by atoms with E-state index < -0.39 is 12.0 Å². The highest BCUT2D eigenvalue weighted by Crippen LogP contribution is 2.00. The molecule has 90 valence electrons. The standard InChI is InChI=1S/C11H17NO4/c1-2-3-4-5-6-10(14)12-9(7-8-13)11(15)16/h1,9,13H,3-8H2,(H,12,14)(H,15,16)/t9-/m0/s1. The van der Waals surface area contributed by atoms with E-state index in [2.05, 4.69) is 11.2 Å². The number of terminal acetylenes is 1. The lowest BCUT2D eigenvalue weighted by atomic mass is 10.1. The fourth-order valence-electron chi connectivity index (χ4n) is 1.17. The van der Waals surface area contributed by atoms with Gasteiger partial charge in [-0.3, -0.25) is 4.79 Å². The van der Waals surface area contributed by atoms with Crippen LogP contribution < -0.4 is 5.32 Å². The molecule has 1 atom stereocenters. The number of carboxylic acid groups (broad SMARTS) is 1. The maximum atomic E-state index is 11.3. The smallest absolute Gasteiger partial charge is 0.326 e. The molecule has 0 aliphatic rings. The largest absolute Gasteiger partial charge is 0.480 e. The first-order valence-corrected chi connectivity index (χ1v) is 5.18. The number of carboxylic acids is 1. The van der Waals surface area contributed by atoms with Gasteiger partial charge in [-0.25, -0.2) is 4.79 Å². The van der Waals surface area contributed by atoms with Crippen molar-refractivity contribution in [3.8, 4) is 12.3 Å². The van der Waals surface area contributed by atoms with E-state index in [0.29, 0.717) is 12.8 Å². The first-order chi connectivity index (χ1) is 7.61. The van der Waals surface area contributed by atoms with Crippen LogP contribution in [0.4, 0.5) is 0 Å². The fraction of sp³-hybridized carbons (Fsp3) is 0.636. The van der Waals surface area contributed by atoms with Gasteiger partial charge in [0.25, 0.3) is 0 Å². The molecule has 3 N–H and O–H groups in total. The second-order valence-electron chi connectivity index (χ2n) is 3.38. The summed E-state index contributed by atoms with van der Waals surface area (Å²) in [6.07, 6.45) is 7.34. The molecule has 0 spiro atoms. The molecular weight excluding hydrogens is 210 g/mol. The lowest BCUT2D eigenvalue weighted by Crippen LogP contribution is -2.41. The number of hydrogen-bond acceptors (Lipinski definition) is 3. The SMILES string of the molecule is C#CCCCCC(=O)N[C@@H](CCO)C(=O)O. The van der Waals surface area contributed by atoms with Crippen LogP contribution in [-0.4, -0.2) is 34.7 Å². The van der Waals surface area contributed by atoms with Crippen LogP contribution in [0.1, 0.15) is 32.1 Å². The molecule has 0 aromatic rings. The van der Waals surface area contributed by atoms with E-state index in [1.54, 1.807) is 0 Å². The number of aliphatic hydroxyl groups excluding tert-OH is 1. The number of aliphatic hydroxyl groups is 1. The summed E-state index contributed by atoms with van der Waals surface area (Å²) in [6, 6.07) is -1.01. The summed E-state index contributed by atoms with van der Waals surface area (Å²) in [5, 5.41) is 19.7. The highest BCUT2D eigenvalue weighted by atomic mass is 16.4. The predicted octanol–water partition coefficient (Wildman–Crippen LogP) is 0.132. The van der Waals surface area contributed by atoms with Crippen molar-refractivity contribution in [3.63, 3.8) is 0 Å². The summed E-state index contributed by atoms with van der Waals surface area (Å²) in [6.45, 7) is -0.270. The van der Waals surface area contributed by atoms with E-state index in [1.807, 2.05) is 0 Å². The Morgan fingerprint density at radius 3 is 2.56 bits per heavy atom. The number of nitrogens with one attached hydrogen (secondary N) is 1. The zero-order chi connectivity index (χ0) is 12.4. The number of aliphatic carboxylic acids is 1. The molecule has 0 rings (SSSR count). The van der Waals surface area contributed by atoms with Crippen molar-refractivity contribution in [2.75, 3.05) is 6.61 Å². The highest BCUT2D eigenvalue weighted by Gasteiger charge is 2.18. The number of hydrogen-bond donors (Lipinski definition) is 3. The van der Waals surface area contributed by atoms with Crippen LogP contribution >= 0.6 is 0 Å². The van der Waals surface area contributed by atoms with Gasteiger partial charge in [0.2, 0.25) is 5.91 Å². The Bertz CT molecular complexity index is 270. The van der Waals surface area contributed by atoms with Gasteiger partial charge >= 0.3 is 5.97 Å². The van der Waals surface area contributed by atoms with E-state index in [4.69, 9.17) is 16.6 Å². The lowest BCUT2D eigenvalue weighted by Gasteiger charge is -2.12. The minimum absolute atomic E-state index is 0.0193. The first kappa shape index (κ1) is 14.5. The third kappa shape index (κ3) is 6.85. The van der Waals surface area contributed by atoms with Gasteiger partial charge in [0, 0.05) is 25.9 Å². The van der Waals surface area contributed by atoms with Crippen molar-refractivity contribution in [2.45, 2.75) is 38.1 Å². The van der Waals surface area contributed by atoms with Gasteiger partial charge in [0.1, 0.15) is 6.04 Å². The fourth-order valence-corrected chi connectivity index (χ4v) is 1.17. The number of carbonyl (C=O) groups is 2. The Balaban J connectivity index is 3.83. The summed E-state index contributed by atoms with van der Waals surface area (Å²) in [4.78, 5) is 21.9. The lowest BCUT2D eigenvalue weighted by molar-refractivity contribution is -0.142. The zero-order valence-electron chi connectivity index (χ0n) is 9.11. The summed E-state index contributed by atoms with van der Waals surface area (Å²) in [5.74, 6) is 1.01. The topological polar surface area (TPSA) is 86.6 Å². The maximum absolute atomic E-state index is 11.3. The second-order valence-corrected chi connectivity index (χ2v) is 3.38. The van der Waals surface area contributed by atoms with Crippen molar-refractivity contribution in [3.05, 3.63) is 0 Å². The molecule has 0 aromatic heterocycles. The van der Waals surface area contributed by atoms with E-state index >= 15 is 0 Å². The van der Waals surface area contributed by atoms with Gasteiger partial charge < -0.3 is 15.5 Å². The van der Waals surface area contributed by atoms with Gasteiger partial charge in [0.05, 0.1) is 0 Å². The van der Waals surface area contributed by atoms with Gasteiger partial charge in [-0.15, -0.1) is 12.3 Å². The van der Waals surface area contributed by atoms with Crippen LogP contribution in [0.5, 0.6) is 0 Å². The molecule has 0 fully saturated rings. The Hall–Kier alpha value is -1.54. The number of carbonyl (C=O) groups excluding carboxylic acids is 1. The molecule has 0 radical (unpaired) electrons. The number of rotatable bonds is 8. The summed E-state index contributed by atoms with van der Waals surface area (Å²) in [7, 11) is 0. The Kier molecular flexibility index (Phi) is 7.90. The molecular formula is C11H17NO4. The van der Waals surface area contributed by atoms with Crippen molar-refractivity contribution < 1.29 is 19.8 Å². The molecule has 0 bridgehead atoms. The van der Waals surface area contributed by atoms with Crippen LogP contribution in [0, 0.1) is 12.3 Å². The van der Waals surface area contributed by atoms with Gasteiger partial charge in [-0.1, -0.05) is 0 Å². The van der Waals surface area contributed by atoms with E-state index in [0.717, 1.165) is 6.42 Å². The number of unbranched alkanes of at least 4 members (excludes halogenated alkanes) is 2. The van der Waals surface area contributed by atoms with E-state index in [-0.39, 0.29) is 25.4 Å². The van der Waals surface area contributed by atoms with Crippen molar-refractivity contribution in [1.29, 1.82) is 0 Å². The molecule has 0 unspecified atom stereocenters. The third-order valence-corrected chi connectivity index (χ3v) is 2.03. The normalized spacial score (nSPS) is 11.5. The predicted molar refractivity (Wildman–Crippen MR) is 58.6 cm³/mol. The summed E-state index contributed by atoms with van der Waals surface area (Å²) in [5.41, 5.74) is 0. The minimum atomic E-state index is -1.13. The van der Waals surface area contributed by atoms with Gasteiger partial charge in [-0.05, 0) is 12.8 Å². The molecule has 5 heteroatoms. The number of amides is 1. The maximum Gasteiger partial charge on any atom is 0.326 e. The molecule has 0 aliphatic carbocycles. The first-order valence-electron chi connectivity index (χ1n) is 5.18. The molecule has 0 saturated heterocycles. The zero-order valence-corrected chi connectivity index (χ0v) is 9.11. The van der Waals surface area contributed by atoms with Gasteiger partial charge in [-0.2, -0.15) is 0 Å². The average Bonchev–Trinajstić information content (AvgIpc) is 2.23. The molecule has 16 heavy (non-hydrogen) atoms. The van der Waals surface area contributed by atoms with Crippen LogP contribution in [0.3, 0.4) is 0 Å². The van der Waals surface area contributed by atoms with E-state index in [1.165, 1.54) is 0 Å². The average molecular weight is 227 g/mol. The molecule has 5 nitrogen and oxygen atoms in total. The Morgan fingerprint density at radius 2 is 2.06 bits per heavy atom. The highest BCUT2D eigenvalue weighted by molar-refractivity contribution is 5.83. The quantitative estimate of drug-likeness (QED) is 0.406. The van der Waals surface area contributed by atoms with Crippen molar-refractivity contribution in [2.24, 2.45) is 0 Å². The third-order valence-electron chi connectivity index (χ3n) is 2.03. The van der Waals surface area contributed by atoms with Crippen molar-refractivity contribution in [1.82, 2.24) is 5.32 Å². The molecule has 0 heterocycles. The molecule has 0 aliphatic heterocycles. The summed E-state index contributed by atoms with van der Waals surface area (Å²) < 4.78 is 0. The van der Waals surface area contributed by atoms with Crippen LogP contribution in [-0.2, 0) is 9.59 Å². The molecule has 1 amide bonds. The molecule has 0 aromatic carbocycles. The van der Waals surface area contributed by atoms with Crippen LogP contribution in [0.15, 0.2) is 0 Å². The van der Waals surface area contributed by atoms with Gasteiger partial charge in [0.15, 0.2) is 0 Å². The van der Waals surface area contributed by atoms with Crippen LogP contribution in [0.25, 0.3) is 0 Å². The summed E-state index contributed by atoms with van der Waals surface area (Å²) >= 11 is 0. The Labute approximate surface area is 94.8 Å². The second kappa shape index (κ2) is 8.74. The molecule has 0 saturated carbocycles. The van der Waals surface area contributed by atoms with Crippen molar-refractivity contribution >= 4 is 11.9 Å². The monoisotopic (exact) mass is 227 g/mol. The van der Waals surface area contributed by atoms with E-state index in [9.17, 15) is 9.59 Å². The Morgan fingerprint density at radius 1 is 1.38 bits per heavy atom. The minimum Gasteiger partial charge on any atom is -0.480 e. The van der Waals surface area contributed by atoms with Crippen LogP contribution in [0.2, 0.25) is 0 Å².